The van der Waals surface area contributed by atoms with Crippen LogP contribution in [0, 0.1) is 0 Å². The summed E-state index contributed by atoms with van der Waals surface area (Å²) in [6.45, 7) is 6.94. The maximum atomic E-state index is 12.9. The van der Waals surface area contributed by atoms with Crippen molar-refractivity contribution in [2.75, 3.05) is 31.5 Å². The number of thiophene rings is 1. The van der Waals surface area contributed by atoms with Crippen molar-refractivity contribution in [3.63, 3.8) is 0 Å². The van der Waals surface area contributed by atoms with Crippen LogP contribution in [-0.2, 0) is 10.2 Å². The molecule has 3 amide bonds. The lowest BCUT2D eigenvalue weighted by molar-refractivity contribution is -0.125. The molecule has 2 aromatic rings. The number of para-hydroxylation sites is 1. The number of anilines is 1. The number of fused-ring (bicyclic) bond motifs is 2. The van der Waals surface area contributed by atoms with Crippen LogP contribution in [0.4, 0.5) is 10.5 Å². The van der Waals surface area contributed by atoms with Gasteiger partial charge >= 0.3 is 6.03 Å². The quantitative estimate of drug-likeness (QED) is 0.793. The summed E-state index contributed by atoms with van der Waals surface area (Å²) in [5.74, 6) is 0.0292. The van der Waals surface area contributed by atoms with Crippen molar-refractivity contribution in [1.29, 1.82) is 0 Å². The van der Waals surface area contributed by atoms with Gasteiger partial charge in [-0.05, 0) is 43.8 Å². The van der Waals surface area contributed by atoms with Crippen LogP contribution in [0.15, 0.2) is 47.8 Å². The Balaban J connectivity index is 1.38. The zero-order valence-electron chi connectivity index (χ0n) is 16.9. The lowest BCUT2D eigenvalue weighted by Gasteiger charge is -2.40. The lowest BCUT2D eigenvalue weighted by atomic mass is 9.90. The summed E-state index contributed by atoms with van der Waals surface area (Å²) >= 11 is 1.60. The van der Waals surface area contributed by atoms with Crippen LogP contribution in [-0.4, -0.2) is 60.0 Å². The highest BCUT2D eigenvalue weighted by molar-refractivity contribution is 7.10. The number of nitrogens with one attached hydrogen (secondary N) is 2. The summed E-state index contributed by atoms with van der Waals surface area (Å²) in [5, 5.41) is 8.14. The average molecular weight is 413 g/mol. The number of urea groups is 1. The molecule has 2 aliphatic rings. The normalized spacial score (nSPS) is 23.7. The molecule has 1 unspecified atom stereocenters. The average Bonchev–Trinajstić information content (AvgIpc) is 3.39. The fourth-order valence-corrected chi connectivity index (χ4v) is 5.03. The molecule has 29 heavy (non-hydrogen) atoms. The molecule has 2 bridgehead atoms. The van der Waals surface area contributed by atoms with Gasteiger partial charge in [0.05, 0.1) is 5.41 Å². The Morgan fingerprint density at radius 1 is 1.14 bits per heavy atom. The minimum Gasteiger partial charge on any atom is -0.354 e. The summed E-state index contributed by atoms with van der Waals surface area (Å²) in [5.41, 5.74) is 0.251. The van der Waals surface area contributed by atoms with Crippen molar-refractivity contribution in [2.24, 2.45) is 0 Å². The Morgan fingerprint density at radius 3 is 2.66 bits per heavy atom. The Labute approximate surface area is 175 Å². The van der Waals surface area contributed by atoms with E-state index in [0.717, 1.165) is 30.1 Å². The second-order valence-electron chi connectivity index (χ2n) is 8.35. The molecule has 6 nitrogen and oxygen atoms in total. The number of carbonyl (C=O) groups is 2. The van der Waals surface area contributed by atoms with E-state index in [1.165, 1.54) is 0 Å². The number of benzene rings is 1. The van der Waals surface area contributed by atoms with Crippen molar-refractivity contribution in [2.45, 2.75) is 37.8 Å². The van der Waals surface area contributed by atoms with E-state index in [2.05, 4.69) is 15.5 Å². The van der Waals surface area contributed by atoms with Crippen molar-refractivity contribution >= 4 is 29.0 Å². The molecule has 2 N–H and O–H groups in total. The fourth-order valence-electron chi connectivity index (χ4n) is 4.18. The number of amides is 3. The van der Waals surface area contributed by atoms with E-state index in [1.807, 2.05) is 66.6 Å². The Kier molecular flexibility index (Phi) is 5.61. The largest absolute Gasteiger partial charge is 0.354 e. The first-order chi connectivity index (χ1) is 13.9. The van der Waals surface area contributed by atoms with E-state index in [-0.39, 0.29) is 24.0 Å². The van der Waals surface area contributed by atoms with E-state index in [4.69, 9.17) is 0 Å². The Hall–Kier alpha value is -2.38. The van der Waals surface area contributed by atoms with Crippen molar-refractivity contribution in [1.82, 2.24) is 15.1 Å². The molecule has 0 saturated carbocycles. The minimum absolute atomic E-state index is 0.0292. The number of piperazine rings is 1. The Bertz CT molecular complexity index is 853. The SMILES string of the molecule is CC(C)(C(=O)NC[C@H]1CN(C(=O)Nc2ccccc2)[C@H]2CCN1C2)c1cccs1. The minimum atomic E-state index is -0.555. The topological polar surface area (TPSA) is 64.7 Å². The van der Waals surface area contributed by atoms with Crippen molar-refractivity contribution < 1.29 is 9.59 Å². The third-order valence-corrected chi connectivity index (χ3v) is 7.24. The van der Waals surface area contributed by atoms with Gasteiger partial charge < -0.3 is 15.5 Å². The van der Waals surface area contributed by atoms with Gasteiger partial charge in [0.1, 0.15) is 0 Å². The fraction of sp³-hybridized carbons (Fsp3) is 0.455. The van der Waals surface area contributed by atoms with Crippen LogP contribution in [0.5, 0.6) is 0 Å². The van der Waals surface area contributed by atoms with Crippen molar-refractivity contribution in [3.8, 4) is 0 Å². The van der Waals surface area contributed by atoms with E-state index in [9.17, 15) is 9.59 Å². The predicted molar refractivity (Wildman–Crippen MR) is 116 cm³/mol. The maximum absolute atomic E-state index is 12.9. The van der Waals surface area contributed by atoms with Gasteiger partial charge in [0.25, 0.3) is 0 Å². The van der Waals surface area contributed by atoms with Gasteiger partial charge in [-0.3, -0.25) is 9.69 Å². The molecule has 3 atom stereocenters. The predicted octanol–water partition coefficient (Wildman–Crippen LogP) is 3.13. The molecule has 154 valence electrons. The molecule has 2 saturated heterocycles. The van der Waals surface area contributed by atoms with Gasteiger partial charge in [-0.25, -0.2) is 4.79 Å². The molecule has 0 aliphatic carbocycles. The second kappa shape index (κ2) is 8.16. The van der Waals surface area contributed by atoms with Crippen LogP contribution in [0.1, 0.15) is 25.1 Å². The first-order valence-corrected chi connectivity index (χ1v) is 11.0. The molecular formula is C22H28N4O2S. The molecule has 1 aromatic carbocycles. The van der Waals surface area contributed by atoms with Crippen LogP contribution >= 0.6 is 11.3 Å². The number of carbonyl (C=O) groups excluding carboxylic acids is 2. The highest BCUT2D eigenvalue weighted by Gasteiger charge is 2.41. The van der Waals surface area contributed by atoms with Crippen LogP contribution in [0.3, 0.4) is 0 Å². The van der Waals surface area contributed by atoms with E-state index in [1.54, 1.807) is 11.3 Å². The van der Waals surface area contributed by atoms with Gasteiger partial charge in [0.2, 0.25) is 5.91 Å². The molecule has 0 radical (unpaired) electrons. The van der Waals surface area contributed by atoms with Gasteiger partial charge in [-0.1, -0.05) is 24.3 Å². The highest BCUT2D eigenvalue weighted by atomic mass is 32.1. The summed E-state index contributed by atoms with van der Waals surface area (Å²) in [6, 6.07) is 13.9. The number of nitrogens with zero attached hydrogens (tertiary/aromatic N) is 2. The molecule has 2 aliphatic heterocycles. The summed E-state index contributed by atoms with van der Waals surface area (Å²) < 4.78 is 0. The second-order valence-corrected chi connectivity index (χ2v) is 9.30. The molecule has 2 fully saturated rings. The Morgan fingerprint density at radius 2 is 1.93 bits per heavy atom. The molecule has 3 heterocycles. The summed E-state index contributed by atoms with van der Waals surface area (Å²) in [4.78, 5) is 31.1. The number of rotatable bonds is 5. The molecular weight excluding hydrogens is 384 g/mol. The molecule has 4 rings (SSSR count). The van der Waals surface area contributed by atoms with Crippen molar-refractivity contribution in [3.05, 3.63) is 52.7 Å². The first-order valence-electron chi connectivity index (χ1n) is 10.1. The number of hydrogen-bond acceptors (Lipinski definition) is 4. The zero-order valence-corrected chi connectivity index (χ0v) is 17.7. The maximum Gasteiger partial charge on any atom is 0.322 e. The monoisotopic (exact) mass is 412 g/mol. The smallest absolute Gasteiger partial charge is 0.322 e. The molecule has 7 heteroatoms. The van der Waals surface area contributed by atoms with Gasteiger partial charge in [0.15, 0.2) is 0 Å². The van der Waals surface area contributed by atoms with Crippen LogP contribution < -0.4 is 10.6 Å². The zero-order chi connectivity index (χ0) is 20.4. The third kappa shape index (κ3) is 4.16. The van der Waals surface area contributed by atoms with Gasteiger partial charge in [0, 0.05) is 48.8 Å². The standard InChI is InChI=1S/C22H28N4O2S/c1-22(2,19-9-6-12-29-19)20(27)23-13-18-15-26(17-10-11-25(18)14-17)21(28)24-16-7-4-3-5-8-16/h3-9,12,17-18H,10-11,13-15H2,1-2H3,(H,23,27)(H,24,28)/t17-,18-/m0/s1. The third-order valence-electron chi connectivity index (χ3n) is 6.05. The number of hydrogen-bond donors (Lipinski definition) is 2. The highest BCUT2D eigenvalue weighted by Crippen LogP contribution is 2.28. The van der Waals surface area contributed by atoms with E-state index in [0.29, 0.717) is 13.1 Å². The van der Waals surface area contributed by atoms with Crippen LogP contribution in [0.25, 0.3) is 0 Å². The van der Waals surface area contributed by atoms with Gasteiger partial charge in [-0.2, -0.15) is 0 Å². The van der Waals surface area contributed by atoms with Gasteiger partial charge in [-0.15, -0.1) is 11.3 Å². The molecule has 1 aromatic heterocycles. The molecule has 0 spiro atoms. The van der Waals surface area contributed by atoms with Crippen LogP contribution in [0.2, 0.25) is 0 Å². The summed E-state index contributed by atoms with van der Waals surface area (Å²) in [6.07, 6.45) is 0.980. The van der Waals surface area contributed by atoms with E-state index >= 15 is 0 Å². The lowest BCUT2D eigenvalue weighted by Crippen LogP contribution is -2.59. The van der Waals surface area contributed by atoms with E-state index < -0.39 is 5.41 Å². The summed E-state index contributed by atoms with van der Waals surface area (Å²) in [7, 11) is 0. The first kappa shape index (κ1) is 19.9.